The van der Waals surface area contributed by atoms with Crippen molar-refractivity contribution in [2.24, 2.45) is 0 Å². The summed E-state index contributed by atoms with van der Waals surface area (Å²) in [6, 6.07) is 4.62. The molecule has 1 aromatic rings. The van der Waals surface area contributed by atoms with Crippen molar-refractivity contribution in [1.82, 2.24) is 0 Å². The molecule has 0 saturated heterocycles. The minimum Gasteiger partial charge on any atom is -0.354 e. The van der Waals surface area contributed by atoms with Crippen LogP contribution in [0.25, 0.3) is 0 Å². The van der Waals surface area contributed by atoms with E-state index in [0.717, 1.165) is 6.07 Å². The number of non-ortho nitro benzene ring substituents is 1. The third-order valence-corrected chi connectivity index (χ3v) is 3.05. The lowest BCUT2D eigenvalue weighted by molar-refractivity contribution is -0.385. The second-order valence-corrected chi connectivity index (χ2v) is 4.55. The fourth-order valence-electron chi connectivity index (χ4n) is 1.00. The van der Waals surface area contributed by atoms with Crippen LogP contribution in [0, 0.1) is 10.1 Å². The fraction of sp³-hybridized carbons (Fsp3) is 0.333. The van der Waals surface area contributed by atoms with Crippen molar-refractivity contribution in [3.05, 3.63) is 34.4 Å². The van der Waals surface area contributed by atoms with E-state index in [-0.39, 0.29) is 10.6 Å². The number of benzene rings is 1. The number of nitro benzene ring substituents is 1. The number of rotatable bonds is 6. The normalized spacial score (nSPS) is 11.4. The van der Waals surface area contributed by atoms with E-state index >= 15 is 0 Å². The number of nitrogens with zero attached hydrogens (tertiary/aromatic N) is 1. The fourth-order valence-corrected chi connectivity index (χ4v) is 1.84. The maximum Gasteiger partial charge on any atom is 0.299 e. The van der Waals surface area contributed by atoms with Crippen LogP contribution in [-0.4, -0.2) is 26.7 Å². The summed E-state index contributed by atoms with van der Waals surface area (Å²) in [5, 5.41) is 10.5. The highest BCUT2D eigenvalue weighted by Gasteiger charge is 2.18. The molecule has 1 aromatic carbocycles. The van der Waals surface area contributed by atoms with Gasteiger partial charge in [-0.15, -0.1) is 0 Å². The van der Waals surface area contributed by atoms with Crippen molar-refractivity contribution in [2.45, 2.75) is 11.8 Å². The standard InChI is InChI=1S/C9H11NO6S/c1-2-15-7-16-17(13,14)9-5-3-4-8(6-9)10(11)12/h3-6H,2,7H2,1H3. The Morgan fingerprint density at radius 3 is 2.71 bits per heavy atom. The largest absolute Gasteiger partial charge is 0.354 e. The molecule has 94 valence electrons. The Morgan fingerprint density at radius 2 is 2.12 bits per heavy atom. The molecule has 0 bridgehead atoms. The van der Waals surface area contributed by atoms with Gasteiger partial charge in [-0.2, -0.15) is 8.42 Å². The van der Waals surface area contributed by atoms with E-state index in [9.17, 15) is 18.5 Å². The smallest absolute Gasteiger partial charge is 0.299 e. The summed E-state index contributed by atoms with van der Waals surface area (Å²) in [7, 11) is -4.02. The van der Waals surface area contributed by atoms with Gasteiger partial charge in [-0.05, 0) is 13.0 Å². The Labute approximate surface area is 98.2 Å². The lowest BCUT2D eigenvalue weighted by atomic mass is 10.3. The Kier molecular flexibility index (Phi) is 4.55. The number of hydrogen-bond donors (Lipinski definition) is 0. The summed E-state index contributed by atoms with van der Waals surface area (Å²) < 4.78 is 32.4. The van der Waals surface area contributed by atoms with E-state index in [1.807, 2.05) is 0 Å². The highest BCUT2D eigenvalue weighted by molar-refractivity contribution is 7.86. The lowest BCUT2D eigenvalue weighted by Gasteiger charge is -2.04. The summed E-state index contributed by atoms with van der Waals surface area (Å²) in [4.78, 5) is 9.53. The summed E-state index contributed by atoms with van der Waals surface area (Å²) >= 11 is 0. The molecule has 1 rings (SSSR count). The Hall–Kier alpha value is -1.51. The first kappa shape index (κ1) is 13.6. The zero-order valence-electron chi connectivity index (χ0n) is 9.03. The van der Waals surface area contributed by atoms with Gasteiger partial charge in [0.15, 0.2) is 6.79 Å². The van der Waals surface area contributed by atoms with Gasteiger partial charge in [0.05, 0.1) is 4.92 Å². The van der Waals surface area contributed by atoms with Gasteiger partial charge in [0.25, 0.3) is 15.8 Å². The van der Waals surface area contributed by atoms with Crippen molar-refractivity contribution >= 4 is 15.8 Å². The summed E-state index contributed by atoms with van der Waals surface area (Å²) in [5.41, 5.74) is -0.314. The third kappa shape index (κ3) is 3.77. The van der Waals surface area contributed by atoms with Crippen molar-refractivity contribution in [3.63, 3.8) is 0 Å². The minimum atomic E-state index is -4.02. The van der Waals surface area contributed by atoms with Gasteiger partial charge in [0.2, 0.25) is 0 Å². The van der Waals surface area contributed by atoms with Crippen LogP contribution < -0.4 is 0 Å². The van der Waals surface area contributed by atoms with E-state index in [1.54, 1.807) is 6.92 Å². The zero-order valence-corrected chi connectivity index (χ0v) is 9.85. The van der Waals surface area contributed by atoms with Crippen LogP contribution >= 0.6 is 0 Å². The molecule has 0 saturated carbocycles. The van der Waals surface area contributed by atoms with Crippen LogP contribution in [0.1, 0.15) is 6.92 Å². The molecule has 0 spiro atoms. The monoisotopic (exact) mass is 261 g/mol. The van der Waals surface area contributed by atoms with E-state index < -0.39 is 21.8 Å². The molecule has 8 heteroatoms. The minimum absolute atomic E-state index is 0.272. The van der Waals surface area contributed by atoms with Crippen molar-refractivity contribution in [2.75, 3.05) is 13.4 Å². The van der Waals surface area contributed by atoms with E-state index in [4.69, 9.17) is 4.74 Å². The third-order valence-electron chi connectivity index (χ3n) is 1.81. The molecule has 0 fully saturated rings. The summed E-state index contributed by atoms with van der Waals surface area (Å²) in [6.07, 6.45) is 0. The molecule has 0 atom stereocenters. The van der Waals surface area contributed by atoms with Gasteiger partial charge in [-0.1, -0.05) is 6.07 Å². The van der Waals surface area contributed by atoms with E-state index in [1.165, 1.54) is 18.2 Å². The molecule has 0 aliphatic heterocycles. The number of hydrogen-bond acceptors (Lipinski definition) is 6. The molecule has 0 aromatic heterocycles. The quantitative estimate of drug-likeness (QED) is 0.252. The molecule has 7 nitrogen and oxygen atoms in total. The van der Waals surface area contributed by atoms with E-state index in [0.29, 0.717) is 6.61 Å². The first-order valence-electron chi connectivity index (χ1n) is 4.69. The Bertz CT molecular complexity index is 498. The van der Waals surface area contributed by atoms with Crippen LogP contribution in [0.4, 0.5) is 5.69 Å². The topological polar surface area (TPSA) is 95.7 Å². The predicted molar refractivity (Wildman–Crippen MR) is 57.9 cm³/mol. The van der Waals surface area contributed by atoms with Gasteiger partial charge in [0.1, 0.15) is 4.90 Å². The maximum absolute atomic E-state index is 11.6. The van der Waals surface area contributed by atoms with E-state index in [2.05, 4.69) is 4.18 Å². The van der Waals surface area contributed by atoms with Crippen LogP contribution in [0.15, 0.2) is 29.2 Å². The average Bonchev–Trinajstić information content (AvgIpc) is 2.29. The molecule has 0 amide bonds. The Morgan fingerprint density at radius 1 is 1.41 bits per heavy atom. The van der Waals surface area contributed by atoms with Gasteiger partial charge in [-0.25, -0.2) is 4.18 Å². The molecular formula is C9H11NO6S. The lowest BCUT2D eigenvalue weighted by Crippen LogP contribution is -2.09. The van der Waals surface area contributed by atoms with Gasteiger partial charge in [0, 0.05) is 18.7 Å². The second-order valence-electron chi connectivity index (χ2n) is 2.94. The van der Waals surface area contributed by atoms with Crippen molar-refractivity contribution in [3.8, 4) is 0 Å². The molecule has 0 aliphatic rings. The van der Waals surface area contributed by atoms with Crippen LogP contribution in [0.5, 0.6) is 0 Å². The molecular weight excluding hydrogens is 250 g/mol. The zero-order chi connectivity index (χ0) is 12.9. The SMILES string of the molecule is CCOCOS(=O)(=O)c1cccc([N+](=O)[O-])c1. The molecule has 0 unspecified atom stereocenters. The van der Waals surface area contributed by atoms with Gasteiger partial charge in [-0.3, -0.25) is 10.1 Å². The maximum atomic E-state index is 11.6. The van der Waals surface area contributed by atoms with Crippen molar-refractivity contribution in [1.29, 1.82) is 0 Å². The van der Waals surface area contributed by atoms with Gasteiger partial charge >= 0.3 is 0 Å². The van der Waals surface area contributed by atoms with Crippen molar-refractivity contribution < 1.29 is 22.3 Å². The first-order chi connectivity index (χ1) is 7.97. The molecule has 0 aliphatic carbocycles. The van der Waals surface area contributed by atoms with Crippen LogP contribution in [-0.2, 0) is 19.0 Å². The Balaban J connectivity index is 2.91. The number of nitro groups is 1. The molecule has 0 N–H and O–H groups in total. The highest BCUT2D eigenvalue weighted by atomic mass is 32.2. The average molecular weight is 261 g/mol. The molecule has 0 heterocycles. The van der Waals surface area contributed by atoms with Crippen LogP contribution in [0.2, 0.25) is 0 Å². The molecule has 17 heavy (non-hydrogen) atoms. The second kappa shape index (κ2) is 5.71. The van der Waals surface area contributed by atoms with Gasteiger partial charge < -0.3 is 4.74 Å². The summed E-state index contributed by atoms with van der Waals surface area (Å²) in [6.45, 7) is 1.58. The highest BCUT2D eigenvalue weighted by Crippen LogP contribution is 2.18. The number of ether oxygens (including phenoxy) is 1. The molecule has 0 radical (unpaired) electrons. The first-order valence-corrected chi connectivity index (χ1v) is 6.10. The summed E-state index contributed by atoms with van der Waals surface area (Å²) in [5.74, 6) is 0. The van der Waals surface area contributed by atoms with Crippen LogP contribution in [0.3, 0.4) is 0 Å². The predicted octanol–water partition coefficient (Wildman–Crippen LogP) is 1.29.